The van der Waals surface area contributed by atoms with Gasteiger partial charge in [-0.1, -0.05) is 48.5 Å². The Labute approximate surface area is 206 Å². The van der Waals surface area contributed by atoms with Crippen LogP contribution in [0.15, 0.2) is 78.9 Å². The summed E-state index contributed by atoms with van der Waals surface area (Å²) in [5, 5.41) is 3.56. The maximum Gasteiger partial charge on any atom is 0.256 e. The summed E-state index contributed by atoms with van der Waals surface area (Å²) >= 11 is 0. The highest BCUT2D eigenvalue weighted by molar-refractivity contribution is 6.00. The first-order valence-electron chi connectivity index (χ1n) is 12.3. The fourth-order valence-electron chi connectivity index (χ4n) is 4.91. The molecule has 2 heterocycles. The number of ether oxygens (including phenoxy) is 1. The molecule has 35 heavy (non-hydrogen) atoms. The molecular formula is C29H31N3O3. The Hall–Kier alpha value is -3.64. The van der Waals surface area contributed by atoms with E-state index < -0.39 is 0 Å². The number of carbonyl (C=O) groups is 2. The van der Waals surface area contributed by atoms with E-state index in [0.29, 0.717) is 31.9 Å². The van der Waals surface area contributed by atoms with E-state index in [1.165, 1.54) is 5.56 Å². The number of amides is 2. The maximum absolute atomic E-state index is 13.4. The van der Waals surface area contributed by atoms with E-state index in [1.54, 1.807) is 0 Å². The number of anilines is 1. The van der Waals surface area contributed by atoms with Gasteiger partial charge in [0, 0.05) is 41.5 Å². The molecule has 2 atom stereocenters. The van der Waals surface area contributed by atoms with Crippen molar-refractivity contribution >= 4 is 17.5 Å². The van der Waals surface area contributed by atoms with Crippen molar-refractivity contribution in [1.82, 2.24) is 9.80 Å². The molecule has 3 aromatic rings. The van der Waals surface area contributed by atoms with E-state index in [1.807, 2.05) is 64.4 Å². The average molecular weight is 470 g/mol. The smallest absolute Gasteiger partial charge is 0.256 e. The molecule has 0 bridgehead atoms. The second-order valence-electron chi connectivity index (χ2n) is 9.20. The third-order valence-corrected chi connectivity index (χ3v) is 6.90. The van der Waals surface area contributed by atoms with Crippen LogP contribution in [-0.4, -0.2) is 54.0 Å². The lowest BCUT2D eigenvalue weighted by Gasteiger charge is -2.32. The van der Waals surface area contributed by atoms with Crippen LogP contribution in [-0.2, 0) is 11.2 Å². The number of carbonyl (C=O) groups excluding carboxylic acids is 2. The van der Waals surface area contributed by atoms with E-state index in [2.05, 4.69) is 36.5 Å². The molecule has 2 amide bonds. The van der Waals surface area contributed by atoms with Crippen LogP contribution in [0.1, 0.15) is 51.4 Å². The van der Waals surface area contributed by atoms with Crippen LogP contribution in [0.3, 0.4) is 0 Å². The van der Waals surface area contributed by atoms with Gasteiger partial charge < -0.3 is 19.9 Å². The molecule has 0 aliphatic carbocycles. The minimum atomic E-state index is -0.259. The molecule has 180 valence electrons. The zero-order valence-corrected chi connectivity index (χ0v) is 20.0. The first kappa shape index (κ1) is 23.1. The summed E-state index contributed by atoms with van der Waals surface area (Å²) in [6.07, 6.45) is 1.52. The van der Waals surface area contributed by atoms with Crippen molar-refractivity contribution in [3.05, 3.63) is 101 Å². The quantitative estimate of drug-likeness (QED) is 0.543. The summed E-state index contributed by atoms with van der Waals surface area (Å²) in [6.45, 7) is 4.52. The van der Waals surface area contributed by atoms with Gasteiger partial charge in [-0.15, -0.1) is 0 Å². The maximum atomic E-state index is 13.4. The summed E-state index contributed by atoms with van der Waals surface area (Å²) in [6, 6.07) is 25.8. The SMILES string of the molecule is CC(CCc1ccccc1)N1C(=O)c2ccccc2C1Nc1ccc(C(=O)N2CCOCC2)cc1. The Bertz CT molecular complexity index is 1170. The van der Waals surface area contributed by atoms with Gasteiger partial charge >= 0.3 is 0 Å². The molecule has 0 spiro atoms. The number of aryl methyl sites for hydroxylation is 1. The van der Waals surface area contributed by atoms with Gasteiger partial charge in [-0.3, -0.25) is 9.59 Å². The summed E-state index contributed by atoms with van der Waals surface area (Å²) < 4.78 is 5.35. The molecule has 6 heteroatoms. The van der Waals surface area contributed by atoms with Crippen LogP contribution in [0, 0.1) is 0 Å². The molecule has 2 aliphatic heterocycles. The zero-order valence-electron chi connectivity index (χ0n) is 20.0. The van der Waals surface area contributed by atoms with Crippen molar-refractivity contribution < 1.29 is 14.3 Å². The van der Waals surface area contributed by atoms with Gasteiger partial charge in [0.2, 0.25) is 0 Å². The second kappa shape index (κ2) is 10.3. The van der Waals surface area contributed by atoms with E-state index >= 15 is 0 Å². The Morgan fingerprint density at radius 3 is 2.40 bits per heavy atom. The highest BCUT2D eigenvalue weighted by Crippen LogP contribution is 2.36. The van der Waals surface area contributed by atoms with Gasteiger partial charge in [0.1, 0.15) is 6.17 Å². The van der Waals surface area contributed by atoms with Gasteiger partial charge in [-0.05, 0) is 55.7 Å². The topological polar surface area (TPSA) is 61.9 Å². The number of nitrogens with zero attached hydrogens (tertiary/aromatic N) is 2. The standard InChI is InChI=1S/C29H31N3O3/c1-21(11-12-22-7-3-2-4-8-22)32-27(25-9-5-6-10-26(25)29(32)34)30-24-15-13-23(14-16-24)28(33)31-17-19-35-20-18-31/h2-10,13-16,21,27,30H,11-12,17-20H2,1H3. The van der Waals surface area contributed by atoms with Crippen molar-refractivity contribution in [2.45, 2.75) is 32.0 Å². The highest BCUT2D eigenvalue weighted by Gasteiger charge is 2.39. The van der Waals surface area contributed by atoms with Crippen LogP contribution >= 0.6 is 0 Å². The average Bonchev–Trinajstić information content (AvgIpc) is 3.19. The monoisotopic (exact) mass is 469 g/mol. The number of rotatable bonds is 7. The van der Waals surface area contributed by atoms with E-state index in [4.69, 9.17) is 4.74 Å². The molecule has 6 nitrogen and oxygen atoms in total. The van der Waals surface area contributed by atoms with Crippen LogP contribution in [0.25, 0.3) is 0 Å². The predicted molar refractivity (Wildman–Crippen MR) is 136 cm³/mol. The number of hydrogen-bond acceptors (Lipinski definition) is 4. The molecule has 2 unspecified atom stereocenters. The first-order chi connectivity index (χ1) is 17.1. The van der Waals surface area contributed by atoms with Crippen molar-refractivity contribution in [2.75, 3.05) is 31.6 Å². The summed E-state index contributed by atoms with van der Waals surface area (Å²) in [5.74, 6) is 0.0789. The second-order valence-corrected chi connectivity index (χ2v) is 9.20. The van der Waals surface area contributed by atoms with Gasteiger partial charge in [0.15, 0.2) is 0 Å². The lowest BCUT2D eigenvalue weighted by atomic mass is 10.0. The van der Waals surface area contributed by atoms with Crippen LogP contribution < -0.4 is 5.32 Å². The first-order valence-corrected chi connectivity index (χ1v) is 12.3. The van der Waals surface area contributed by atoms with Crippen LogP contribution in [0.5, 0.6) is 0 Å². The van der Waals surface area contributed by atoms with Gasteiger partial charge in [0.05, 0.1) is 13.2 Å². The fourth-order valence-corrected chi connectivity index (χ4v) is 4.91. The Balaban J connectivity index is 1.33. The predicted octanol–water partition coefficient (Wildman–Crippen LogP) is 4.75. The minimum Gasteiger partial charge on any atom is -0.378 e. The third kappa shape index (κ3) is 4.93. The van der Waals surface area contributed by atoms with Crippen LogP contribution in [0.4, 0.5) is 5.69 Å². The van der Waals surface area contributed by atoms with E-state index in [0.717, 1.165) is 29.7 Å². The van der Waals surface area contributed by atoms with Crippen LogP contribution in [0.2, 0.25) is 0 Å². The molecule has 0 saturated carbocycles. The summed E-state index contributed by atoms with van der Waals surface area (Å²) in [4.78, 5) is 30.0. The Morgan fingerprint density at radius 2 is 1.66 bits per heavy atom. The van der Waals surface area contributed by atoms with Crippen molar-refractivity contribution in [2.24, 2.45) is 0 Å². The molecule has 3 aromatic carbocycles. The number of hydrogen-bond donors (Lipinski definition) is 1. The molecule has 0 aromatic heterocycles. The molecule has 2 aliphatic rings. The lowest BCUT2D eigenvalue weighted by Crippen LogP contribution is -2.40. The van der Waals surface area contributed by atoms with Crippen molar-refractivity contribution in [1.29, 1.82) is 0 Å². The van der Waals surface area contributed by atoms with Gasteiger partial charge in [-0.2, -0.15) is 0 Å². The number of morpholine rings is 1. The largest absolute Gasteiger partial charge is 0.378 e. The van der Waals surface area contributed by atoms with Crippen molar-refractivity contribution in [3.63, 3.8) is 0 Å². The van der Waals surface area contributed by atoms with Gasteiger partial charge in [0.25, 0.3) is 11.8 Å². The molecule has 1 N–H and O–H groups in total. The zero-order chi connectivity index (χ0) is 24.2. The normalized spacial score (nSPS) is 18.3. The van der Waals surface area contributed by atoms with E-state index in [-0.39, 0.29) is 24.0 Å². The molecule has 1 saturated heterocycles. The fraction of sp³-hybridized carbons (Fsp3) is 0.310. The summed E-state index contributed by atoms with van der Waals surface area (Å²) in [5.41, 5.74) is 4.54. The minimum absolute atomic E-state index is 0.0254. The number of benzene rings is 3. The summed E-state index contributed by atoms with van der Waals surface area (Å²) in [7, 11) is 0. The Morgan fingerprint density at radius 1 is 0.971 bits per heavy atom. The lowest BCUT2D eigenvalue weighted by molar-refractivity contribution is 0.0303. The molecule has 1 fully saturated rings. The number of fused-ring (bicyclic) bond motifs is 1. The third-order valence-electron chi connectivity index (χ3n) is 6.90. The van der Waals surface area contributed by atoms with Gasteiger partial charge in [-0.25, -0.2) is 0 Å². The molecule has 5 rings (SSSR count). The van der Waals surface area contributed by atoms with Crippen molar-refractivity contribution in [3.8, 4) is 0 Å². The highest BCUT2D eigenvalue weighted by atomic mass is 16.5. The Kier molecular flexibility index (Phi) is 6.82. The number of nitrogens with one attached hydrogen (secondary N) is 1. The van der Waals surface area contributed by atoms with E-state index in [9.17, 15) is 9.59 Å². The molecular weight excluding hydrogens is 438 g/mol. The molecule has 0 radical (unpaired) electrons.